The normalized spacial score (nSPS) is 12.0. The summed E-state index contributed by atoms with van der Waals surface area (Å²) >= 11 is 0. The van der Waals surface area contributed by atoms with E-state index in [0.717, 1.165) is 30.3 Å². The summed E-state index contributed by atoms with van der Waals surface area (Å²) in [6.45, 7) is 0. The van der Waals surface area contributed by atoms with Crippen LogP contribution in [-0.2, 0) is 30.4 Å². The van der Waals surface area contributed by atoms with Crippen LogP contribution in [0.5, 0.6) is 11.5 Å². The number of benzene rings is 3. The first kappa shape index (κ1) is 34.9. The van der Waals surface area contributed by atoms with Gasteiger partial charge in [-0.1, -0.05) is 0 Å². The molecule has 0 radical (unpaired) electrons. The van der Waals surface area contributed by atoms with Crippen molar-refractivity contribution in [2.24, 2.45) is 10.2 Å². The fraction of sp³-hybridized carbons (Fsp3) is 0. The molecule has 0 heterocycles. The van der Waals surface area contributed by atoms with Crippen LogP contribution in [0.25, 0.3) is 10.8 Å². The summed E-state index contributed by atoms with van der Waals surface area (Å²) in [7, 11) is -14.3. The molecular formula is C16H15N2Na3O11S3. The van der Waals surface area contributed by atoms with E-state index >= 15 is 0 Å². The number of rotatable bonds is 5. The Morgan fingerprint density at radius 3 is 1.60 bits per heavy atom. The molecule has 0 fully saturated rings. The van der Waals surface area contributed by atoms with Crippen molar-refractivity contribution in [3.05, 3.63) is 42.5 Å². The third kappa shape index (κ3) is 8.17. The molecule has 0 saturated heterocycles. The van der Waals surface area contributed by atoms with Crippen LogP contribution in [-0.4, -0.2) is 138 Å². The molecule has 176 valence electrons. The Morgan fingerprint density at radius 2 is 1.14 bits per heavy atom. The van der Waals surface area contributed by atoms with Crippen LogP contribution in [0, 0.1) is 0 Å². The Hall–Kier alpha value is -0.150. The molecule has 0 aliphatic rings. The molecule has 0 aliphatic carbocycles. The summed E-state index contributed by atoms with van der Waals surface area (Å²) in [5.74, 6) is -1.85. The third-order valence-electron chi connectivity index (χ3n) is 4.08. The van der Waals surface area contributed by atoms with E-state index in [1.807, 2.05) is 0 Å². The van der Waals surface area contributed by atoms with Crippen molar-refractivity contribution in [2.45, 2.75) is 14.7 Å². The van der Waals surface area contributed by atoms with Crippen molar-refractivity contribution in [1.82, 2.24) is 0 Å². The Balaban J connectivity index is 0.00000385. The van der Waals surface area contributed by atoms with Gasteiger partial charge in [-0.25, -0.2) is 0 Å². The molecule has 3 aromatic rings. The van der Waals surface area contributed by atoms with E-state index in [9.17, 15) is 40.0 Å². The van der Waals surface area contributed by atoms with Crippen LogP contribution in [0.2, 0.25) is 0 Å². The van der Waals surface area contributed by atoms with Crippen LogP contribution in [0.1, 0.15) is 0 Å². The number of nitrogens with zero attached hydrogens (tertiary/aromatic N) is 2. The van der Waals surface area contributed by atoms with Crippen molar-refractivity contribution in [1.29, 1.82) is 0 Å². The average molecular weight is 576 g/mol. The Bertz CT molecular complexity index is 1610. The van der Waals surface area contributed by atoms with Gasteiger partial charge in [0, 0.05) is 6.07 Å². The Morgan fingerprint density at radius 1 is 0.629 bits per heavy atom. The number of phenolic OH excluding ortho intramolecular Hbond substituents is 2. The number of aromatic hydroxyl groups is 2. The summed E-state index contributed by atoms with van der Waals surface area (Å²) in [6, 6.07) is 6.15. The van der Waals surface area contributed by atoms with Gasteiger partial charge >= 0.3 is 88.7 Å². The van der Waals surface area contributed by atoms with Crippen molar-refractivity contribution in [2.75, 3.05) is 0 Å². The summed E-state index contributed by atoms with van der Waals surface area (Å²) in [5, 5.41) is 26.9. The fourth-order valence-electron chi connectivity index (χ4n) is 2.67. The second-order valence-electron chi connectivity index (χ2n) is 6.23. The van der Waals surface area contributed by atoms with Gasteiger partial charge in [-0.3, -0.25) is 13.7 Å². The van der Waals surface area contributed by atoms with Crippen LogP contribution in [0.4, 0.5) is 11.4 Å². The molecule has 5 N–H and O–H groups in total. The Kier molecular flexibility index (Phi) is 12.5. The topological polar surface area (TPSA) is 228 Å². The second-order valence-corrected chi connectivity index (χ2v) is 10.5. The van der Waals surface area contributed by atoms with Gasteiger partial charge in [-0.15, -0.1) is 5.11 Å². The fourth-order valence-corrected chi connectivity index (χ4v) is 4.35. The summed E-state index contributed by atoms with van der Waals surface area (Å²) in [5.41, 5.74) is -0.877. The van der Waals surface area contributed by atoms with E-state index < -0.39 is 67.6 Å². The predicted octanol–water partition coefficient (Wildman–Crippen LogP) is 0.461. The monoisotopic (exact) mass is 576 g/mol. The molecule has 0 aliphatic heterocycles. The molecule has 0 aromatic heterocycles. The standard InChI is InChI=1S/C16H12N2O11S3.3Na.3H/c19-12-7-11(31(24,25)26)5-8-6-13(32(27,28)29)15(16(20)14(8)12)18-17-9-1-3-10(4-2-9)30(21,22)23;;;;;;/h1-7,19-20H,(H,21,22,23)(H,24,25,26)(H,27,28,29);;;;;;/b18-17+;;;;;;. The molecule has 0 amide bonds. The molecular weight excluding hydrogens is 561 g/mol. The van der Waals surface area contributed by atoms with E-state index in [2.05, 4.69) is 10.2 Å². The van der Waals surface area contributed by atoms with Gasteiger partial charge in [0.25, 0.3) is 30.4 Å². The minimum atomic E-state index is -5.06. The van der Waals surface area contributed by atoms with Gasteiger partial charge < -0.3 is 10.2 Å². The van der Waals surface area contributed by atoms with Gasteiger partial charge in [-0.05, 0) is 41.8 Å². The average Bonchev–Trinajstić information content (AvgIpc) is 2.64. The van der Waals surface area contributed by atoms with Crippen LogP contribution in [0.15, 0.2) is 67.4 Å². The van der Waals surface area contributed by atoms with E-state index in [1.54, 1.807) is 0 Å². The maximum atomic E-state index is 11.8. The van der Waals surface area contributed by atoms with E-state index in [-0.39, 0.29) is 99.7 Å². The zero-order valence-electron chi connectivity index (χ0n) is 15.3. The zero-order chi connectivity index (χ0) is 24.1. The molecule has 0 unspecified atom stereocenters. The zero-order valence-corrected chi connectivity index (χ0v) is 17.8. The van der Waals surface area contributed by atoms with Crippen molar-refractivity contribution in [3.63, 3.8) is 0 Å². The third-order valence-corrected chi connectivity index (χ3v) is 6.64. The number of hydrogen-bond acceptors (Lipinski definition) is 10. The van der Waals surface area contributed by atoms with E-state index in [4.69, 9.17) is 9.11 Å². The molecule has 35 heavy (non-hydrogen) atoms. The summed E-state index contributed by atoms with van der Waals surface area (Å²) in [6.07, 6.45) is 0. The minimum absolute atomic E-state index is 0. The summed E-state index contributed by atoms with van der Waals surface area (Å²) < 4.78 is 96.0. The van der Waals surface area contributed by atoms with Crippen LogP contribution in [0.3, 0.4) is 0 Å². The second kappa shape index (κ2) is 12.6. The summed E-state index contributed by atoms with van der Waals surface area (Å²) in [4.78, 5) is -2.27. The van der Waals surface area contributed by atoms with Gasteiger partial charge in [0.05, 0.1) is 20.9 Å². The molecule has 13 nitrogen and oxygen atoms in total. The van der Waals surface area contributed by atoms with Crippen molar-refractivity contribution >= 4 is 141 Å². The van der Waals surface area contributed by atoms with Crippen molar-refractivity contribution in [3.8, 4) is 11.5 Å². The van der Waals surface area contributed by atoms with Crippen molar-refractivity contribution < 1.29 is 49.1 Å². The molecule has 3 aromatic carbocycles. The first-order valence-electron chi connectivity index (χ1n) is 8.06. The van der Waals surface area contributed by atoms with Crippen LogP contribution >= 0.6 is 0 Å². The molecule has 0 atom stereocenters. The number of fused-ring (bicyclic) bond motifs is 1. The van der Waals surface area contributed by atoms with Gasteiger partial charge in [0.2, 0.25) is 0 Å². The Labute approximate surface area is 265 Å². The van der Waals surface area contributed by atoms with E-state index in [0.29, 0.717) is 12.1 Å². The molecule has 0 spiro atoms. The number of hydrogen-bond donors (Lipinski definition) is 5. The quantitative estimate of drug-likeness (QED) is 0.159. The molecule has 0 saturated carbocycles. The maximum absolute atomic E-state index is 11.8. The predicted molar refractivity (Wildman–Crippen MR) is 129 cm³/mol. The first-order chi connectivity index (χ1) is 14.6. The van der Waals surface area contributed by atoms with Gasteiger partial charge in [-0.2, -0.15) is 30.4 Å². The first-order valence-corrected chi connectivity index (χ1v) is 12.4. The molecule has 0 bridgehead atoms. The molecule has 3 rings (SSSR count). The SMILES string of the molecule is O=S(=O)(O)c1ccc(/N=N/c2c(S(=O)(=O)O)cc3cc(S(=O)(=O)O)cc(O)c3c2O)cc1.[NaH].[NaH].[NaH]. The van der Waals surface area contributed by atoms with Crippen LogP contribution < -0.4 is 0 Å². The van der Waals surface area contributed by atoms with Gasteiger partial charge in [0.1, 0.15) is 16.3 Å². The molecule has 19 heteroatoms. The number of azo groups is 1. The van der Waals surface area contributed by atoms with Gasteiger partial charge in [0.15, 0.2) is 5.75 Å². The van der Waals surface area contributed by atoms with E-state index in [1.165, 1.54) is 0 Å². The number of phenols is 2.